The molecular formula is C35H41F6N5O4. The second-order valence-corrected chi connectivity index (χ2v) is 13.7. The van der Waals surface area contributed by atoms with E-state index in [2.05, 4.69) is 10.3 Å². The van der Waals surface area contributed by atoms with Crippen LogP contribution in [0.1, 0.15) is 62.1 Å². The third-order valence-electron chi connectivity index (χ3n) is 9.85. The summed E-state index contributed by atoms with van der Waals surface area (Å²) in [4.78, 5) is 32.9. The molecule has 2 atom stereocenters. The van der Waals surface area contributed by atoms with Crippen molar-refractivity contribution in [3.63, 3.8) is 0 Å². The number of carboxylic acid groups (broad SMARTS) is 1. The maximum Gasteiger partial charge on any atom is 0.416 e. The summed E-state index contributed by atoms with van der Waals surface area (Å²) < 4.78 is 94.0. The SMILES string of the molecule is COC(C)(C)CCCN1C[C@@H](c2ccc(F)cc2F)[C@](F)(C(=O)Nc2nccn2Cc2ccc(C(F)(F)F)cc2N2CCC(C(=O)O)CC2)C1. The monoisotopic (exact) mass is 709 g/mol. The number of carbonyl (C=O) groups is 2. The van der Waals surface area contributed by atoms with Crippen molar-refractivity contribution in [2.45, 2.75) is 69.4 Å². The molecule has 2 fully saturated rings. The van der Waals surface area contributed by atoms with E-state index in [9.17, 15) is 32.3 Å². The lowest BCUT2D eigenvalue weighted by Gasteiger charge is -2.34. The second-order valence-electron chi connectivity index (χ2n) is 13.7. The number of ether oxygens (including phenoxy) is 1. The average molecular weight is 710 g/mol. The number of alkyl halides is 4. The van der Waals surface area contributed by atoms with Crippen LogP contribution < -0.4 is 10.2 Å². The van der Waals surface area contributed by atoms with Crippen LogP contribution in [-0.2, 0) is 27.0 Å². The van der Waals surface area contributed by atoms with Crippen LogP contribution in [0.3, 0.4) is 0 Å². The zero-order valence-corrected chi connectivity index (χ0v) is 28.1. The summed E-state index contributed by atoms with van der Waals surface area (Å²) >= 11 is 0. The number of nitrogens with zero attached hydrogens (tertiary/aromatic N) is 4. The van der Waals surface area contributed by atoms with Gasteiger partial charge in [0.05, 0.1) is 23.6 Å². The number of nitrogens with one attached hydrogen (secondary N) is 1. The number of hydrogen-bond acceptors (Lipinski definition) is 6. The van der Waals surface area contributed by atoms with Gasteiger partial charge in [0.2, 0.25) is 11.6 Å². The van der Waals surface area contributed by atoms with Gasteiger partial charge in [-0.2, -0.15) is 13.2 Å². The largest absolute Gasteiger partial charge is 0.481 e. The summed E-state index contributed by atoms with van der Waals surface area (Å²) in [6.45, 7) is 4.23. The zero-order valence-electron chi connectivity index (χ0n) is 28.1. The molecule has 1 amide bonds. The van der Waals surface area contributed by atoms with Gasteiger partial charge in [0.1, 0.15) is 11.6 Å². The molecule has 0 saturated carbocycles. The van der Waals surface area contributed by atoms with Crippen LogP contribution in [-0.4, -0.2) is 82.5 Å². The minimum absolute atomic E-state index is 0.0121. The number of carbonyl (C=O) groups excluding carboxylic acids is 1. The van der Waals surface area contributed by atoms with Crippen LogP contribution in [0.25, 0.3) is 0 Å². The van der Waals surface area contributed by atoms with Gasteiger partial charge in [-0.25, -0.2) is 18.2 Å². The van der Waals surface area contributed by atoms with E-state index in [0.717, 1.165) is 24.3 Å². The lowest BCUT2D eigenvalue weighted by atomic mass is 9.85. The molecule has 3 aromatic rings. The summed E-state index contributed by atoms with van der Waals surface area (Å²) in [5.74, 6) is -5.83. The Morgan fingerprint density at radius 2 is 1.82 bits per heavy atom. The molecule has 0 bridgehead atoms. The first-order valence-electron chi connectivity index (χ1n) is 16.4. The second kappa shape index (κ2) is 14.6. The molecule has 272 valence electrons. The molecular weight excluding hydrogens is 668 g/mol. The van der Waals surface area contributed by atoms with E-state index in [1.807, 2.05) is 13.8 Å². The number of hydrogen-bond donors (Lipinski definition) is 2. The molecule has 2 N–H and O–H groups in total. The van der Waals surface area contributed by atoms with Gasteiger partial charge >= 0.3 is 12.1 Å². The fourth-order valence-electron chi connectivity index (χ4n) is 6.75. The van der Waals surface area contributed by atoms with Crippen molar-refractivity contribution >= 4 is 23.5 Å². The van der Waals surface area contributed by atoms with Gasteiger partial charge in [-0.15, -0.1) is 0 Å². The molecule has 9 nitrogen and oxygen atoms in total. The standard InChI is InChI=1S/C35H41F6N5O4/c1-33(2,50-3)11-4-13-44-20-27(26-8-7-25(36)18-28(26)37)34(38,21-44)31(49)43-32-42-12-16-46(32)19-23-5-6-24(35(39,40)41)17-29(23)45-14-9-22(10-15-45)30(47)48/h5-8,12,16-18,22,27H,4,9-11,13-15,19-21H2,1-3H3,(H,47,48)(H,42,43,49)/t27-,34-/m0/s1. The predicted molar refractivity (Wildman–Crippen MR) is 174 cm³/mol. The van der Waals surface area contributed by atoms with Crippen LogP contribution in [0.5, 0.6) is 0 Å². The maximum absolute atomic E-state index is 17.1. The molecule has 2 saturated heterocycles. The van der Waals surface area contributed by atoms with Crippen molar-refractivity contribution in [1.82, 2.24) is 14.5 Å². The third kappa shape index (κ3) is 8.26. The van der Waals surface area contributed by atoms with Crippen LogP contribution in [0.2, 0.25) is 0 Å². The number of piperidine rings is 1. The lowest BCUT2D eigenvalue weighted by Crippen LogP contribution is -2.45. The minimum Gasteiger partial charge on any atom is -0.481 e. The van der Waals surface area contributed by atoms with E-state index >= 15 is 8.78 Å². The summed E-state index contributed by atoms with van der Waals surface area (Å²) in [6, 6.07) is 6.08. The quantitative estimate of drug-likeness (QED) is 0.208. The van der Waals surface area contributed by atoms with E-state index in [0.29, 0.717) is 31.0 Å². The number of likely N-dealkylation sites (tertiary alicyclic amines) is 1. The van der Waals surface area contributed by atoms with Crippen LogP contribution in [0.4, 0.5) is 38.0 Å². The number of anilines is 2. The average Bonchev–Trinajstić information content (AvgIpc) is 3.64. The number of aromatic nitrogens is 2. The number of rotatable bonds is 12. The number of aliphatic carboxylic acids is 1. The van der Waals surface area contributed by atoms with Crippen LogP contribution in [0.15, 0.2) is 48.8 Å². The Labute approximate surface area is 286 Å². The number of halogens is 6. The van der Waals surface area contributed by atoms with Crippen molar-refractivity contribution in [3.8, 4) is 0 Å². The number of carboxylic acids is 1. The lowest BCUT2D eigenvalue weighted by molar-refractivity contribution is -0.142. The van der Waals surface area contributed by atoms with Crippen LogP contribution in [0, 0.1) is 17.6 Å². The first-order chi connectivity index (χ1) is 23.5. The van der Waals surface area contributed by atoms with Gasteiger partial charge in [0.25, 0.3) is 5.91 Å². The van der Waals surface area contributed by atoms with E-state index in [1.54, 1.807) is 16.9 Å². The van der Waals surface area contributed by atoms with Crippen molar-refractivity contribution in [2.75, 3.05) is 50.1 Å². The molecule has 0 radical (unpaired) electrons. The van der Waals surface area contributed by atoms with E-state index < -0.39 is 58.4 Å². The first kappa shape index (κ1) is 37.2. The van der Waals surface area contributed by atoms with Crippen molar-refractivity contribution in [3.05, 3.63) is 77.1 Å². The number of amides is 1. The molecule has 5 rings (SSSR count). The molecule has 15 heteroatoms. The predicted octanol–water partition coefficient (Wildman–Crippen LogP) is 6.48. The van der Waals surface area contributed by atoms with Gasteiger partial charge in [0.15, 0.2) is 0 Å². The smallest absolute Gasteiger partial charge is 0.416 e. The van der Waals surface area contributed by atoms with Gasteiger partial charge < -0.3 is 19.3 Å². The van der Waals surface area contributed by atoms with Gasteiger partial charge in [-0.1, -0.05) is 12.1 Å². The maximum atomic E-state index is 17.1. The van der Waals surface area contributed by atoms with E-state index in [4.69, 9.17) is 4.74 Å². The summed E-state index contributed by atoms with van der Waals surface area (Å²) in [7, 11) is 1.59. The summed E-state index contributed by atoms with van der Waals surface area (Å²) in [5, 5.41) is 11.9. The fourth-order valence-corrected chi connectivity index (χ4v) is 6.75. The highest BCUT2D eigenvalue weighted by atomic mass is 19.4. The van der Waals surface area contributed by atoms with Crippen molar-refractivity contribution in [1.29, 1.82) is 0 Å². The molecule has 0 spiro atoms. The Morgan fingerprint density at radius 1 is 1.10 bits per heavy atom. The van der Waals surface area contributed by atoms with Crippen LogP contribution >= 0.6 is 0 Å². The number of methoxy groups -OCH3 is 1. The summed E-state index contributed by atoms with van der Waals surface area (Å²) in [5.41, 5.74) is -3.40. The molecule has 1 aromatic heterocycles. The Morgan fingerprint density at radius 3 is 2.46 bits per heavy atom. The number of imidazole rings is 1. The third-order valence-corrected chi connectivity index (χ3v) is 9.85. The van der Waals surface area contributed by atoms with Crippen molar-refractivity contribution in [2.24, 2.45) is 5.92 Å². The Balaban J connectivity index is 1.39. The van der Waals surface area contributed by atoms with Gasteiger partial charge in [-0.3, -0.25) is 19.8 Å². The molecule has 0 aliphatic carbocycles. The topological polar surface area (TPSA) is 99.9 Å². The first-order valence-corrected chi connectivity index (χ1v) is 16.4. The molecule has 2 aromatic carbocycles. The highest BCUT2D eigenvalue weighted by Gasteiger charge is 2.54. The highest BCUT2D eigenvalue weighted by Crippen LogP contribution is 2.42. The molecule has 0 unspecified atom stereocenters. The normalized spacial score (nSPS) is 20.7. The molecule has 3 heterocycles. The Kier molecular flexibility index (Phi) is 10.9. The molecule has 2 aliphatic heterocycles. The molecule has 2 aliphatic rings. The van der Waals surface area contributed by atoms with Crippen molar-refractivity contribution < 1.29 is 45.8 Å². The van der Waals surface area contributed by atoms with E-state index in [-0.39, 0.29) is 62.8 Å². The zero-order chi connectivity index (χ0) is 36.4. The Hall–Kier alpha value is -4.11. The Bertz CT molecular complexity index is 1690. The molecule has 50 heavy (non-hydrogen) atoms. The van der Waals surface area contributed by atoms with Gasteiger partial charge in [0, 0.05) is 63.4 Å². The number of benzene rings is 2. The highest BCUT2D eigenvalue weighted by molar-refractivity contribution is 5.97. The minimum atomic E-state index is -4.62. The summed E-state index contributed by atoms with van der Waals surface area (Å²) in [6.07, 6.45) is -0.0363. The van der Waals surface area contributed by atoms with Gasteiger partial charge in [-0.05, 0) is 75.4 Å². The fraction of sp³-hybridized carbons (Fsp3) is 0.514. The van der Waals surface area contributed by atoms with E-state index in [1.165, 1.54) is 23.0 Å².